The number of pyridine rings is 2. The Kier molecular flexibility index (Phi) is 3.76. The molecular formula is C12H13N5O3. The van der Waals surface area contributed by atoms with Gasteiger partial charge in [0.05, 0.1) is 17.7 Å². The van der Waals surface area contributed by atoms with Crippen molar-refractivity contribution in [2.24, 2.45) is 5.84 Å². The van der Waals surface area contributed by atoms with Crippen LogP contribution in [-0.4, -0.2) is 14.5 Å². The zero-order valence-corrected chi connectivity index (χ0v) is 10.7. The molecule has 0 saturated carbocycles. The third kappa shape index (κ3) is 2.81. The van der Waals surface area contributed by atoms with Gasteiger partial charge in [-0.15, -0.1) is 0 Å². The van der Waals surface area contributed by atoms with E-state index >= 15 is 0 Å². The second kappa shape index (κ2) is 5.49. The Bertz CT molecular complexity index is 710. The molecule has 8 nitrogen and oxygen atoms in total. The highest BCUT2D eigenvalue weighted by atomic mass is 16.6. The molecule has 0 aliphatic rings. The molecule has 2 aromatic rings. The van der Waals surface area contributed by atoms with E-state index in [0.29, 0.717) is 11.4 Å². The molecule has 0 aliphatic heterocycles. The van der Waals surface area contributed by atoms with E-state index in [4.69, 9.17) is 5.84 Å². The lowest BCUT2D eigenvalue weighted by Gasteiger charge is -2.08. The van der Waals surface area contributed by atoms with Gasteiger partial charge < -0.3 is 9.99 Å². The molecule has 104 valence electrons. The summed E-state index contributed by atoms with van der Waals surface area (Å²) in [6.45, 7) is 1.74. The fourth-order valence-corrected chi connectivity index (χ4v) is 1.82. The van der Waals surface area contributed by atoms with Crippen LogP contribution in [-0.2, 0) is 6.54 Å². The predicted octanol–water partition coefficient (Wildman–Crippen LogP) is 0.794. The normalized spacial score (nSPS) is 10.3. The van der Waals surface area contributed by atoms with Gasteiger partial charge in [0.1, 0.15) is 5.82 Å². The Morgan fingerprint density at radius 1 is 1.50 bits per heavy atom. The van der Waals surface area contributed by atoms with Gasteiger partial charge in [-0.1, -0.05) is 0 Å². The maximum Gasteiger partial charge on any atom is 0.288 e. The van der Waals surface area contributed by atoms with E-state index in [1.807, 2.05) is 0 Å². The molecular weight excluding hydrogens is 262 g/mol. The van der Waals surface area contributed by atoms with Crippen molar-refractivity contribution in [3.63, 3.8) is 0 Å². The number of nitrogens with one attached hydrogen (secondary N) is 1. The number of aromatic nitrogens is 2. The fraction of sp³-hybridized carbons (Fsp3) is 0.167. The number of nitrogens with zero attached hydrogens (tertiary/aromatic N) is 3. The molecule has 20 heavy (non-hydrogen) atoms. The van der Waals surface area contributed by atoms with Crippen LogP contribution in [0.25, 0.3) is 0 Å². The standard InChI is InChI=1S/C12H13N5O3/c1-8-4-12(18)16(7-10(8)17(19)20)6-9-2-3-14-11(5-9)15-13/h2-5,7H,6,13H2,1H3,(H,14,15). The number of hydrazine groups is 1. The van der Waals surface area contributed by atoms with Gasteiger partial charge in [0.2, 0.25) is 0 Å². The summed E-state index contributed by atoms with van der Waals surface area (Å²) in [7, 11) is 0. The molecule has 0 fully saturated rings. The summed E-state index contributed by atoms with van der Waals surface area (Å²) in [5, 5.41) is 10.9. The summed E-state index contributed by atoms with van der Waals surface area (Å²) in [6.07, 6.45) is 2.78. The van der Waals surface area contributed by atoms with E-state index in [1.54, 1.807) is 12.1 Å². The third-order valence-corrected chi connectivity index (χ3v) is 2.83. The van der Waals surface area contributed by atoms with Crippen LogP contribution >= 0.6 is 0 Å². The van der Waals surface area contributed by atoms with Crippen LogP contribution in [0.3, 0.4) is 0 Å². The van der Waals surface area contributed by atoms with Crippen LogP contribution in [0.2, 0.25) is 0 Å². The summed E-state index contributed by atoms with van der Waals surface area (Å²) in [5.74, 6) is 5.71. The van der Waals surface area contributed by atoms with Gasteiger partial charge in [0.25, 0.3) is 11.2 Å². The van der Waals surface area contributed by atoms with Gasteiger partial charge in [-0.05, 0) is 24.6 Å². The minimum atomic E-state index is -0.509. The molecule has 8 heteroatoms. The Labute approximate surface area is 114 Å². The zero-order chi connectivity index (χ0) is 14.7. The van der Waals surface area contributed by atoms with E-state index in [-0.39, 0.29) is 17.8 Å². The minimum absolute atomic E-state index is 0.0872. The van der Waals surface area contributed by atoms with Crippen LogP contribution in [0.15, 0.2) is 35.4 Å². The molecule has 0 bridgehead atoms. The molecule has 0 spiro atoms. The summed E-state index contributed by atoms with van der Waals surface area (Å²) in [6, 6.07) is 4.62. The third-order valence-electron chi connectivity index (χ3n) is 2.83. The maximum absolute atomic E-state index is 11.9. The van der Waals surface area contributed by atoms with Crippen LogP contribution in [0.4, 0.5) is 11.5 Å². The van der Waals surface area contributed by atoms with Gasteiger partial charge in [-0.2, -0.15) is 0 Å². The first-order valence-electron chi connectivity index (χ1n) is 5.78. The average Bonchev–Trinajstić information content (AvgIpc) is 2.41. The van der Waals surface area contributed by atoms with Crippen molar-refractivity contribution in [3.8, 4) is 0 Å². The number of nitro groups is 1. The lowest BCUT2D eigenvalue weighted by Crippen LogP contribution is -2.21. The highest BCUT2D eigenvalue weighted by Crippen LogP contribution is 2.15. The molecule has 3 N–H and O–H groups in total. The SMILES string of the molecule is Cc1cc(=O)n(Cc2ccnc(NN)c2)cc1[N+](=O)[O-]. The smallest absolute Gasteiger partial charge is 0.288 e. The summed E-state index contributed by atoms with van der Waals surface area (Å²) >= 11 is 0. The molecule has 0 saturated heterocycles. The predicted molar refractivity (Wildman–Crippen MR) is 73.2 cm³/mol. The molecule has 0 amide bonds. The minimum Gasteiger partial charge on any atom is -0.308 e. The first-order chi connectivity index (χ1) is 9.51. The number of aryl methyl sites for hydroxylation is 1. The number of anilines is 1. The molecule has 2 aromatic heterocycles. The quantitative estimate of drug-likeness (QED) is 0.484. The van der Waals surface area contributed by atoms with Crippen molar-refractivity contribution >= 4 is 11.5 Å². The molecule has 0 aliphatic carbocycles. The van der Waals surface area contributed by atoms with Gasteiger partial charge in [-0.25, -0.2) is 10.8 Å². The molecule has 0 aromatic carbocycles. The van der Waals surface area contributed by atoms with Crippen LogP contribution in [0.5, 0.6) is 0 Å². The number of hydrogen-bond acceptors (Lipinski definition) is 6. The summed E-state index contributed by atoms with van der Waals surface area (Å²) in [4.78, 5) is 26.2. The van der Waals surface area contributed by atoms with E-state index in [9.17, 15) is 14.9 Å². The number of hydrogen-bond donors (Lipinski definition) is 2. The van der Waals surface area contributed by atoms with Crippen LogP contribution in [0.1, 0.15) is 11.1 Å². The molecule has 0 atom stereocenters. The van der Waals surface area contributed by atoms with Gasteiger partial charge in [0, 0.05) is 17.8 Å². The van der Waals surface area contributed by atoms with Crippen molar-refractivity contribution in [3.05, 3.63) is 62.2 Å². The van der Waals surface area contributed by atoms with E-state index in [1.165, 1.54) is 30.0 Å². The van der Waals surface area contributed by atoms with E-state index in [2.05, 4.69) is 10.4 Å². The molecule has 2 rings (SSSR count). The van der Waals surface area contributed by atoms with Crippen molar-refractivity contribution < 1.29 is 4.92 Å². The summed E-state index contributed by atoms with van der Waals surface area (Å²) < 4.78 is 1.28. The second-order valence-electron chi connectivity index (χ2n) is 4.26. The van der Waals surface area contributed by atoms with Gasteiger partial charge >= 0.3 is 0 Å². The molecule has 2 heterocycles. The number of nitrogens with two attached hydrogens (primary N) is 1. The lowest BCUT2D eigenvalue weighted by atomic mass is 10.2. The van der Waals surface area contributed by atoms with Gasteiger partial charge in [-0.3, -0.25) is 14.9 Å². The second-order valence-corrected chi connectivity index (χ2v) is 4.26. The Hall–Kier alpha value is -2.74. The van der Waals surface area contributed by atoms with Crippen LogP contribution < -0.4 is 16.8 Å². The van der Waals surface area contributed by atoms with Crippen molar-refractivity contribution in [2.45, 2.75) is 13.5 Å². The first kappa shape index (κ1) is 13.7. The van der Waals surface area contributed by atoms with Crippen LogP contribution in [0, 0.1) is 17.0 Å². The Morgan fingerprint density at radius 3 is 2.90 bits per heavy atom. The molecule has 0 unspecified atom stereocenters. The highest BCUT2D eigenvalue weighted by Gasteiger charge is 2.13. The highest BCUT2D eigenvalue weighted by molar-refractivity contribution is 5.38. The lowest BCUT2D eigenvalue weighted by molar-refractivity contribution is -0.385. The van der Waals surface area contributed by atoms with Gasteiger partial charge in [0.15, 0.2) is 0 Å². The monoisotopic (exact) mass is 275 g/mol. The first-order valence-corrected chi connectivity index (χ1v) is 5.78. The van der Waals surface area contributed by atoms with E-state index in [0.717, 1.165) is 5.56 Å². The Morgan fingerprint density at radius 2 is 2.25 bits per heavy atom. The Balaban J connectivity index is 2.40. The van der Waals surface area contributed by atoms with Crippen molar-refractivity contribution in [2.75, 3.05) is 5.43 Å². The number of nitrogen functional groups attached to an aromatic ring is 1. The maximum atomic E-state index is 11.9. The average molecular weight is 275 g/mol. The van der Waals surface area contributed by atoms with Crippen molar-refractivity contribution in [1.29, 1.82) is 0 Å². The zero-order valence-electron chi connectivity index (χ0n) is 10.7. The summed E-state index contributed by atoms with van der Waals surface area (Å²) in [5.41, 5.74) is 3.11. The fourth-order valence-electron chi connectivity index (χ4n) is 1.82. The van der Waals surface area contributed by atoms with E-state index < -0.39 is 4.92 Å². The van der Waals surface area contributed by atoms with Crippen molar-refractivity contribution in [1.82, 2.24) is 9.55 Å². The largest absolute Gasteiger partial charge is 0.308 e. The topological polar surface area (TPSA) is 116 Å². The molecule has 0 radical (unpaired) electrons. The number of rotatable bonds is 4.